The second kappa shape index (κ2) is 4.18. The largest absolute Gasteiger partial charge is 0.465 e. The van der Waals surface area contributed by atoms with Crippen molar-refractivity contribution in [3.8, 4) is 0 Å². The molecule has 1 atom stereocenters. The highest BCUT2D eigenvalue weighted by molar-refractivity contribution is 5.64. The number of hydrogen-bond acceptors (Lipinski definition) is 2. The highest BCUT2D eigenvalue weighted by atomic mass is 16.4. The summed E-state index contributed by atoms with van der Waals surface area (Å²) in [5.74, 6) is 0.668. The fourth-order valence-corrected chi connectivity index (χ4v) is 1.34. The molecule has 0 aromatic rings. The summed E-state index contributed by atoms with van der Waals surface area (Å²) in [7, 11) is 0. The Kier molecular flexibility index (Phi) is 3.16. The number of carbonyl (C=O) groups is 1. The van der Waals surface area contributed by atoms with Gasteiger partial charge < -0.3 is 15.7 Å². The third-order valence-electron chi connectivity index (χ3n) is 1.99. The lowest BCUT2D eigenvalue weighted by Gasteiger charge is -2.06. The van der Waals surface area contributed by atoms with Crippen molar-refractivity contribution in [2.45, 2.75) is 12.8 Å². The van der Waals surface area contributed by atoms with Crippen molar-refractivity contribution in [1.29, 1.82) is 0 Å². The van der Waals surface area contributed by atoms with Crippen LogP contribution in [0.15, 0.2) is 0 Å². The molecule has 11 heavy (non-hydrogen) atoms. The first-order valence-corrected chi connectivity index (χ1v) is 3.96. The summed E-state index contributed by atoms with van der Waals surface area (Å²) in [6.07, 6.45) is 1.22. The van der Waals surface area contributed by atoms with Gasteiger partial charge in [0.2, 0.25) is 0 Å². The second-order valence-corrected chi connectivity index (χ2v) is 2.88. The van der Waals surface area contributed by atoms with Crippen LogP contribution in [0.1, 0.15) is 12.8 Å². The summed E-state index contributed by atoms with van der Waals surface area (Å²) in [5, 5.41) is 13.9. The number of nitrogens with one attached hydrogen (secondary N) is 2. The van der Waals surface area contributed by atoms with Gasteiger partial charge in [-0.3, -0.25) is 0 Å². The van der Waals surface area contributed by atoms with Crippen molar-refractivity contribution in [3.63, 3.8) is 0 Å². The van der Waals surface area contributed by atoms with Crippen LogP contribution in [0.3, 0.4) is 0 Å². The average molecular weight is 158 g/mol. The summed E-state index contributed by atoms with van der Waals surface area (Å²) in [4.78, 5) is 10.0. The van der Waals surface area contributed by atoms with E-state index in [2.05, 4.69) is 10.6 Å². The molecule has 4 heteroatoms. The summed E-state index contributed by atoms with van der Waals surface area (Å²) >= 11 is 0. The summed E-state index contributed by atoms with van der Waals surface area (Å²) < 4.78 is 0. The normalized spacial score (nSPS) is 23.5. The van der Waals surface area contributed by atoms with Crippen LogP contribution < -0.4 is 10.6 Å². The number of hydrogen-bond donors (Lipinski definition) is 3. The monoisotopic (exact) mass is 158 g/mol. The molecule has 0 radical (unpaired) electrons. The Morgan fingerprint density at radius 1 is 1.73 bits per heavy atom. The molecular formula is C7H14N2O2. The Hall–Kier alpha value is -0.770. The van der Waals surface area contributed by atoms with E-state index in [0.29, 0.717) is 12.5 Å². The van der Waals surface area contributed by atoms with Crippen molar-refractivity contribution in [2.75, 3.05) is 19.6 Å². The van der Waals surface area contributed by atoms with Crippen LogP contribution in [0.4, 0.5) is 4.79 Å². The second-order valence-electron chi connectivity index (χ2n) is 2.88. The fraction of sp³-hybridized carbons (Fsp3) is 0.857. The molecule has 1 rings (SSSR count). The Balaban J connectivity index is 1.98. The topological polar surface area (TPSA) is 61.4 Å². The maximum atomic E-state index is 10.0. The zero-order valence-corrected chi connectivity index (χ0v) is 6.47. The highest BCUT2D eigenvalue weighted by Gasteiger charge is 2.13. The molecule has 0 spiro atoms. The SMILES string of the molecule is O=C(O)NCC[C@@H]1CCNC1. The van der Waals surface area contributed by atoms with Crippen LogP contribution in [0.5, 0.6) is 0 Å². The lowest BCUT2D eigenvalue weighted by molar-refractivity contribution is 0.193. The fourth-order valence-electron chi connectivity index (χ4n) is 1.34. The van der Waals surface area contributed by atoms with Gasteiger partial charge in [-0.25, -0.2) is 4.79 Å². The first kappa shape index (κ1) is 8.33. The van der Waals surface area contributed by atoms with Crippen molar-refractivity contribution < 1.29 is 9.90 Å². The third-order valence-corrected chi connectivity index (χ3v) is 1.99. The Morgan fingerprint density at radius 2 is 2.55 bits per heavy atom. The first-order valence-electron chi connectivity index (χ1n) is 3.96. The third kappa shape index (κ3) is 3.23. The van der Waals surface area contributed by atoms with Gasteiger partial charge >= 0.3 is 6.09 Å². The van der Waals surface area contributed by atoms with Crippen LogP contribution in [-0.2, 0) is 0 Å². The molecule has 64 valence electrons. The maximum absolute atomic E-state index is 10.0. The van der Waals surface area contributed by atoms with Crippen LogP contribution in [0.25, 0.3) is 0 Å². The first-order chi connectivity index (χ1) is 5.29. The molecular weight excluding hydrogens is 144 g/mol. The Bertz CT molecular complexity index is 132. The molecule has 0 bridgehead atoms. The molecule has 1 heterocycles. The number of rotatable bonds is 3. The smallest absolute Gasteiger partial charge is 0.404 e. The predicted molar refractivity (Wildman–Crippen MR) is 41.6 cm³/mol. The van der Waals surface area contributed by atoms with Crippen LogP contribution in [0, 0.1) is 5.92 Å². The van der Waals surface area contributed by atoms with Crippen molar-refractivity contribution in [2.24, 2.45) is 5.92 Å². The molecule has 3 N–H and O–H groups in total. The quantitative estimate of drug-likeness (QED) is 0.552. The molecule has 1 amide bonds. The van der Waals surface area contributed by atoms with Gasteiger partial charge in [0, 0.05) is 6.54 Å². The molecule has 0 aromatic heterocycles. The van der Waals surface area contributed by atoms with Gasteiger partial charge in [0.15, 0.2) is 0 Å². The Morgan fingerprint density at radius 3 is 3.09 bits per heavy atom. The molecule has 4 nitrogen and oxygen atoms in total. The molecule has 1 saturated heterocycles. The van der Waals surface area contributed by atoms with Gasteiger partial charge in [0.05, 0.1) is 0 Å². The minimum absolute atomic E-state index is 0.585. The van der Waals surface area contributed by atoms with Gasteiger partial charge in [0.25, 0.3) is 0 Å². The molecule has 1 aliphatic heterocycles. The van der Waals surface area contributed by atoms with E-state index in [-0.39, 0.29) is 0 Å². The van der Waals surface area contributed by atoms with E-state index in [9.17, 15) is 4.79 Å². The van der Waals surface area contributed by atoms with Gasteiger partial charge in [-0.05, 0) is 31.8 Å². The van der Waals surface area contributed by atoms with E-state index in [1.807, 2.05) is 0 Å². The van der Waals surface area contributed by atoms with Crippen molar-refractivity contribution >= 4 is 6.09 Å². The summed E-state index contributed by atoms with van der Waals surface area (Å²) in [5.41, 5.74) is 0. The van der Waals surface area contributed by atoms with Crippen LogP contribution in [0.2, 0.25) is 0 Å². The number of amides is 1. The van der Waals surface area contributed by atoms with E-state index in [1.165, 1.54) is 6.42 Å². The van der Waals surface area contributed by atoms with Gasteiger partial charge in [0.1, 0.15) is 0 Å². The molecule has 1 aliphatic rings. The van der Waals surface area contributed by atoms with E-state index < -0.39 is 6.09 Å². The van der Waals surface area contributed by atoms with E-state index in [4.69, 9.17) is 5.11 Å². The highest BCUT2D eigenvalue weighted by Crippen LogP contribution is 2.10. The lowest BCUT2D eigenvalue weighted by atomic mass is 10.1. The summed E-state index contributed by atoms with van der Waals surface area (Å²) in [6.45, 7) is 2.71. The minimum atomic E-state index is -0.920. The Labute approximate surface area is 66.0 Å². The van der Waals surface area contributed by atoms with E-state index in [0.717, 1.165) is 19.5 Å². The molecule has 0 saturated carbocycles. The average Bonchev–Trinajstić information content (AvgIpc) is 2.39. The zero-order valence-electron chi connectivity index (χ0n) is 6.47. The van der Waals surface area contributed by atoms with Gasteiger partial charge in [-0.15, -0.1) is 0 Å². The molecule has 0 unspecified atom stereocenters. The van der Waals surface area contributed by atoms with Crippen molar-refractivity contribution in [3.05, 3.63) is 0 Å². The maximum Gasteiger partial charge on any atom is 0.404 e. The summed E-state index contributed by atoms with van der Waals surface area (Å²) in [6, 6.07) is 0. The van der Waals surface area contributed by atoms with E-state index >= 15 is 0 Å². The molecule has 0 aromatic carbocycles. The van der Waals surface area contributed by atoms with Gasteiger partial charge in [-0.1, -0.05) is 0 Å². The molecule has 1 fully saturated rings. The van der Waals surface area contributed by atoms with Crippen molar-refractivity contribution in [1.82, 2.24) is 10.6 Å². The zero-order chi connectivity index (χ0) is 8.10. The molecule has 0 aliphatic carbocycles. The lowest BCUT2D eigenvalue weighted by Crippen LogP contribution is -2.24. The van der Waals surface area contributed by atoms with Gasteiger partial charge in [-0.2, -0.15) is 0 Å². The standard InChI is InChI=1S/C7H14N2O2/c10-7(11)9-4-2-6-1-3-8-5-6/h6,8-9H,1-5H2,(H,10,11)/t6-/m0/s1. The predicted octanol–water partition coefficient (Wildman–Crippen LogP) is 0.254. The van der Waals surface area contributed by atoms with Crippen LogP contribution in [-0.4, -0.2) is 30.8 Å². The minimum Gasteiger partial charge on any atom is -0.465 e. The number of carboxylic acid groups (broad SMARTS) is 1. The van der Waals surface area contributed by atoms with E-state index in [1.54, 1.807) is 0 Å². The van der Waals surface area contributed by atoms with Crippen LogP contribution >= 0.6 is 0 Å².